The van der Waals surface area contributed by atoms with Gasteiger partial charge < -0.3 is 10.1 Å². The summed E-state index contributed by atoms with van der Waals surface area (Å²) in [5, 5.41) is 2.95. The predicted molar refractivity (Wildman–Crippen MR) is 63.7 cm³/mol. The van der Waals surface area contributed by atoms with Crippen molar-refractivity contribution in [3.05, 3.63) is 0 Å². The topological polar surface area (TPSA) is 38.3 Å². The van der Waals surface area contributed by atoms with Crippen LogP contribution in [0.25, 0.3) is 0 Å². The Kier molecular flexibility index (Phi) is 3.15. The molecule has 2 rings (SSSR count). The van der Waals surface area contributed by atoms with Crippen molar-refractivity contribution in [1.29, 1.82) is 0 Å². The van der Waals surface area contributed by atoms with Gasteiger partial charge in [0.25, 0.3) is 0 Å². The first kappa shape index (κ1) is 12.5. The Labute approximate surface area is 106 Å². The zero-order valence-corrected chi connectivity index (χ0v) is 11.1. The number of carbonyl (C=O) groups excluding carboxylic acids is 1. The van der Waals surface area contributed by atoms with Gasteiger partial charge in [0.05, 0.1) is 17.6 Å². The largest absolute Gasteiger partial charge is 0.376 e. The number of alkyl halides is 2. The summed E-state index contributed by atoms with van der Waals surface area (Å²) in [4.78, 5) is 12.0. The van der Waals surface area contributed by atoms with Crippen LogP contribution in [0.15, 0.2) is 0 Å². The van der Waals surface area contributed by atoms with Crippen LogP contribution in [0, 0.1) is 5.41 Å². The minimum Gasteiger partial charge on any atom is -0.376 e. The van der Waals surface area contributed by atoms with Crippen molar-refractivity contribution in [3.63, 3.8) is 0 Å². The number of rotatable bonds is 3. The molecule has 2 aliphatic rings. The Morgan fingerprint density at radius 3 is 2.62 bits per heavy atom. The van der Waals surface area contributed by atoms with E-state index >= 15 is 0 Å². The Hall–Kier alpha value is 0.01000. The van der Waals surface area contributed by atoms with E-state index in [-0.39, 0.29) is 18.1 Å². The van der Waals surface area contributed by atoms with Gasteiger partial charge in [-0.25, -0.2) is 0 Å². The van der Waals surface area contributed by atoms with Crippen LogP contribution >= 0.6 is 23.2 Å². The highest BCUT2D eigenvalue weighted by Crippen LogP contribution is 2.63. The quantitative estimate of drug-likeness (QED) is 0.796. The predicted octanol–water partition coefficient (Wildman–Crippen LogP) is 2.25. The van der Waals surface area contributed by atoms with Gasteiger partial charge in [0.1, 0.15) is 4.33 Å². The van der Waals surface area contributed by atoms with Crippen molar-refractivity contribution in [2.45, 2.75) is 49.6 Å². The molecule has 92 valence electrons. The third-order valence-corrected chi connectivity index (χ3v) is 4.74. The monoisotopic (exact) mass is 265 g/mol. The van der Waals surface area contributed by atoms with Crippen LogP contribution < -0.4 is 5.32 Å². The fraction of sp³-hybridized carbons (Fsp3) is 0.909. The number of hydrogen-bond donors (Lipinski definition) is 1. The normalized spacial score (nSPS) is 38.1. The van der Waals surface area contributed by atoms with Crippen molar-refractivity contribution in [3.8, 4) is 0 Å². The minimum atomic E-state index is -0.895. The maximum Gasteiger partial charge on any atom is 0.229 e. The van der Waals surface area contributed by atoms with E-state index in [1.807, 2.05) is 6.92 Å². The lowest BCUT2D eigenvalue weighted by Crippen LogP contribution is -2.44. The molecule has 5 heteroatoms. The van der Waals surface area contributed by atoms with E-state index in [1.165, 1.54) is 0 Å². The standard InChI is InChI=1S/C11H17Cl2NO2/c1-7(8-4-3-5-16-8)14-9(15)10(2)6-11(10,12)13/h7-8H,3-6H2,1-2H3,(H,14,15)/t7-,8-,10+/m1/s1. The highest BCUT2D eigenvalue weighted by atomic mass is 35.5. The Morgan fingerprint density at radius 1 is 1.56 bits per heavy atom. The van der Waals surface area contributed by atoms with E-state index in [1.54, 1.807) is 6.92 Å². The number of carbonyl (C=O) groups is 1. The fourth-order valence-corrected chi connectivity index (χ4v) is 2.81. The van der Waals surface area contributed by atoms with Gasteiger partial charge >= 0.3 is 0 Å². The van der Waals surface area contributed by atoms with Gasteiger partial charge in [-0.2, -0.15) is 0 Å². The van der Waals surface area contributed by atoms with Gasteiger partial charge in [0.15, 0.2) is 0 Å². The molecule has 1 aliphatic heterocycles. The zero-order chi connectivity index (χ0) is 12.0. The highest BCUT2D eigenvalue weighted by Gasteiger charge is 2.68. The lowest BCUT2D eigenvalue weighted by atomic mass is 10.1. The molecule has 16 heavy (non-hydrogen) atoms. The molecular weight excluding hydrogens is 249 g/mol. The lowest BCUT2D eigenvalue weighted by Gasteiger charge is -2.22. The summed E-state index contributed by atoms with van der Waals surface area (Å²) in [5.74, 6) is -0.0690. The maximum atomic E-state index is 12.0. The molecule has 3 nitrogen and oxygen atoms in total. The molecule has 0 aromatic carbocycles. The highest BCUT2D eigenvalue weighted by molar-refractivity contribution is 6.53. The maximum absolute atomic E-state index is 12.0. The summed E-state index contributed by atoms with van der Waals surface area (Å²) in [5.41, 5.74) is -0.636. The van der Waals surface area contributed by atoms with Gasteiger partial charge in [-0.15, -0.1) is 23.2 Å². The van der Waals surface area contributed by atoms with Crippen LogP contribution in [-0.4, -0.2) is 29.0 Å². The third kappa shape index (κ3) is 2.05. The summed E-state index contributed by atoms with van der Waals surface area (Å²) in [7, 11) is 0. The lowest BCUT2D eigenvalue weighted by molar-refractivity contribution is -0.127. The molecule has 0 aromatic heterocycles. The molecule has 0 aromatic rings. The molecule has 1 N–H and O–H groups in total. The van der Waals surface area contributed by atoms with Crippen molar-refractivity contribution in [2.75, 3.05) is 6.61 Å². The Morgan fingerprint density at radius 2 is 2.19 bits per heavy atom. The first-order chi connectivity index (χ1) is 7.37. The summed E-state index contributed by atoms with van der Waals surface area (Å²) in [6.45, 7) is 4.55. The average Bonchev–Trinajstić information content (AvgIpc) is 2.63. The second-order valence-electron chi connectivity index (χ2n) is 5.03. The first-order valence-corrected chi connectivity index (χ1v) is 6.43. The summed E-state index contributed by atoms with van der Waals surface area (Å²) in [6.07, 6.45) is 2.72. The van der Waals surface area contributed by atoms with Crippen molar-refractivity contribution < 1.29 is 9.53 Å². The van der Waals surface area contributed by atoms with Crippen LogP contribution in [-0.2, 0) is 9.53 Å². The van der Waals surface area contributed by atoms with Gasteiger partial charge in [0, 0.05) is 6.61 Å². The molecule has 0 unspecified atom stereocenters. The molecule has 1 aliphatic carbocycles. The molecule has 1 saturated carbocycles. The molecule has 3 atom stereocenters. The minimum absolute atomic E-state index is 0.0246. The Bertz CT molecular complexity index is 302. The number of nitrogens with one attached hydrogen (secondary N) is 1. The Balaban J connectivity index is 1.88. The van der Waals surface area contributed by atoms with E-state index in [2.05, 4.69) is 5.32 Å². The van der Waals surface area contributed by atoms with Gasteiger partial charge in [-0.1, -0.05) is 0 Å². The van der Waals surface area contributed by atoms with Crippen LogP contribution in [0.5, 0.6) is 0 Å². The van der Waals surface area contributed by atoms with Gasteiger partial charge in [-0.3, -0.25) is 4.79 Å². The number of halogens is 2. The smallest absolute Gasteiger partial charge is 0.229 e. The molecule has 0 spiro atoms. The second kappa shape index (κ2) is 4.04. The number of hydrogen-bond acceptors (Lipinski definition) is 2. The van der Waals surface area contributed by atoms with E-state index in [0.717, 1.165) is 19.4 Å². The number of amides is 1. The first-order valence-electron chi connectivity index (χ1n) is 5.67. The molecule has 1 saturated heterocycles. The summed E-state index contributed by atoms with van der Waals surface area (Å²) < 4.78 is 4.62. The SMILES string of the molecule is C[C@@H](NC(=O)[C@]1(C)CC1(Cl)Cl)[C@H]1CCCO1. The second-order valence-corrected chi connectivity index (χ2v) is 6.51. The van der Waals surface area contributed by atoms with Crippen LogP contribution in [0.2, 0.25) is 0 Å². The van der Waals surface area contributed by atoms with Crippen molar-refractivity contribution >= 4 is 29.1 Å². The van der Waals surface area contributed by atoms with Gasteiger partial charge in [-0.05, 0) is 33.1 Å². The fourth-order valence-electron chi connectivity index (χ4n) is 2.10. The summed E-state index contributed by atoms with van der Waals surface area (Å²) >= 11 is 11.9. The molecule has 1 heterocycles. The molecule has 2 fully saturated rings. The molecule has 0 radical (unpaired) electrons. The van der Waals surface area contributed by atoms with E-state index < -0.39 is 9.75 Å². The number of ether oxygens (including phenoxy) is 1. The zero-order valence-electron chi connectivity index (χ0n) is 9.56. The van der Waals surface area contributed by atoms with Crippen LogP contribution in [0.1, 0.15) is 33.1 Å². The van der Waals surface area contributed by atoms with Crippen LogP contribution in [0.3, 0.4) is 0 Å². The van der Waals surface area contributed by atoms with Crippen LogP contribution in [0.4, 0.5) is 0 Å². The molecular formula is C11H17Cl2NO2. The van der Waals surface area contributed by atoms with E-state index in [9.17, 15) is 4.79 Å². The van der Waals surface area contributed by atoms with Crippen molar-refractivity contribution in [1.82, 2.24) is 5.32 Å². The third-order valence-electron chi connectivity index (χ3n) is 3.64. The van der Waals surface area contributed by atoms with Crippen molar-refractivity contribution in [2.24, 2.45) is 5.41 Å². The molecule has 1 amide bonds. The average molecular weight is 266 g/mol. The van der Waals surface area contributed by atoms with E-state index in [0.29, 0.717) is 6.42 Å². The molecule has 0 bridgehead atoms. The van der Waals surface area contributed by atoms with E-state index in [4.69, 9.17) is 27.9 Å². The van der Waals surface area contributed by atoms with Gasteiger partial charge in [0.2, 0.25) is 5.91 Å². The summed E-state index contributed by atoms with van der Waals surface area (Å²) in [6, 6.07) is 0.0246.